The van der Waals surface area contributed by atoms with Crippen LogP contribution < -0.4 is 4.74 Å². The third-order valence-electron chi connectivity index (χ3n) is 4.19. The van der Waals surface area contributed by atoms with Crippen molar-refractivity contribution in [1.82, 2.24) is 24.8 Å². The molecule has 0 spiro atoms. The Morgan fingerprint density at radius 1 is 1.23 bits per heavy atom. The number of aryl methyl sites for hydroxylation is 1. The van der Waals surface area contributed by atoms with Crippen LogP contribution in [0.1, 0.15) is 21.7 Å². The van der Waals surface area contributed by atoms with Crippen LogP contribution in [0.15, 0.2) is 36.7 Å². The van der Waals surface area contributed by atoms with E-state index < -0.39 is 0 Å². The van der Waals surface area contributed by atoms with E-state index in [0.29, 0.717) is 17.9 Å². The summed E-state index contributed by atoms with van der Waals surface area (Å²) in [6.07, 6.45) is 1.50. The van der Waals surface area contributed by atoms with Crippen LogP contribution in [0.25, 0.3) is 5.69 Å². The largest absolute Gasteiger partial charge is 0.485 e. The number of Topliss-reactive ketones (excluding diaryl/α,β-unsaturated/α-hetero) is 1. The first-order chi connectivity index (χ1) is 12.6. The van der Waals surface area contributed by atoms with Gasteiger partial charge in [-0.1, -0.05) is 6.07 Å². The lowest BCUT2D eigenvalue weighted by Gasteiger charge is -2.09. The van der Waals surface area contributed by atoms with Gasteiger partial charge in [0.25, 0.3) is 0 Å². The smallest absolute Gasteiger partial charge is 0.202 e. The maximum atomic E-state index is 12.6. The van der Waals surface area contributed by atoms with Gasteiger partial charge in [0.1, 0.15) is 12.1 Å². The van der Waals surface area contributed by atoms with Crippen LogP contribution in [-0.4, -0.2) is 50.9 Å². The Labute approximate surface area is 151 Å². The van der Waals surface area contributed by atoms with Crippen LogP contribution in [0.2, 0.25) is 0 Å². The molecule has 2 aromatic heterocycles. The predicted octanol–water partition coefficient (Wildman–Crippen LogP) is 1.99. The fraction of sp³-hybridized carbons (Fsp3) is 0.333. The van der Waals surface area contributed by atoms with Gasteiger partial charge in [0.2, 0.25) is 5.78 Å². The zero-order chi connectivity index (χ0) is 18.5. The van der Waals surface area contributed by atoms with Crippen LogP contribution in [0.4, 0.5) is 0 Å². The molecule has 136 valence electrons. The number of nitrogens with zero attached hydrogens (tertiary/aromatic N) is 5. The molecule has 0 amide bonds. The topological polar surface area (TPSA) is 84.1 Å². The van der Waals surface area contributed by atoms with E-state index in [1.807, 2.05) is 32.0 Å². The van der Waals surface area contributed by atoms with Crippen molar-refractivity contribution < 1.29 is 14.3 Å². The number of carbonyl (C=O) groups is 1. The quantitative estimate of drug-likeness (QED) is 0.575. The summed E-state index contributed by atoms with van der Waals surface area (Å²) in [4.78, 5) is 12.6. The Morgan fingerprint density at radius 3 is 2.81 bits per heavy atom. The van der Waals surface area contributed by atoms with Crippen molar-refractivity contribution in [3.63, 3.8) is 0 Å². The van der Waals surface area contributed by atoms with E-state index in [4.69, 9.17) is 9.47 Å². The van der Waals surface area contributed by atoms with Crippen molar-refractivity contribution in [3.05, 3.63) is 53.6 Å². The Bertz CT molecular complexity index is 886. The van der Waals surface area contributed by atoms with Crippen molar-refractivity contribution in [2.75, 3.05) is 20.3 Å². The van der Waals surface area contributed by atoms with Crippen molar-refractivity contribution >= 4 is 5.78 Å². The zero-order valence-corrected chi connectivity index (χ0v) is 15.0. The first-order valence-electron chi connectivity index (χ1n) is 8.25. The molecular weight excluding hydrogens is 334 g/mol. The Balaban J connectivity index is 1.69. The summed E-state index contributed by atoms with van der Waals surface area (Å²) in [6, 6.07) is 9.16. The highest BCUT2D eigenvalue weighted by Gasteiger charge is 2.16. The molecular formula is C18H21N5O3. The molecule has 0 N–H and O–H groups in total. The number of tetrazole rings is 1. The summed E-state index contributed by atoms with van der Waals surface area (Å²) >= 11 is 0. The van der Waals surface area contributed by atoms with E-state index in [-0.39, 0.29) is 12.4 Å². The van der Waals surface area contributed by atoms with Crippen molar-refractivity contribution in [3.8, 4) is 11.4 Å². The molecule has 0 aliphatic rings. The molecule has 26 heavy (non-hydrogen) atoms. The lowest BCUT2D eigenvalue weighted by Crippen LogP contribution is -2.14. The number of hydrogen-bond donors (Lipinski definition) is 0. The van der Waals surface area contributed by atoms with E-state index in [2.05, 4.69) is 20.1 Å². The lowest BCUT2D eigenvalue weighted by molar-refractivity contribution is 0.0920. The van der Waals surface area contributed by atoms with Crippen LogP contribution in [-0.2, 0) is 11.3 Å². The number of benzene rings is 1. The molecule has 0 unspecified atom stereocenters. The van der Waals surface area contributed by atoms with Gasteiger partial charge in [0, 0.05) is 36.7 Å². The minimum absolute atomic E-state index is 0.0341. The molecule has 8 heteroatoms. The van der Waals surface area contributed by atoms with Gasteiger partial charge in [-0.25, -0.2) is 4.68 Å². The number of methoxy groups -OCH3 is 1. The monoisotopic (exact) mass is 355 g/mol. The molecule has 0 radical (unpaired) electrons. The van der Waals surface area contributed by atoms with Crippen molar-refractivity contribution in [2.45, 2.75) is 20.4 Å². The molecule has 0 aliphatic heterocycles. The molecule has 8 nitrogen and oxygen atoms in total. The molecule has 3 rings (SSSR count). The Kier molecular flexibility index (Phi) is 5.43. The fourth-order valence-corrected chi connectivity index (χ4v) is 2.83. The van der Waals surface area contributed by atoms with Crippen LogP contribution in [0, 0.1) is 13.8 Å². The second kappa shape index (κ2) is 7.92. The molecule has 1 aromatic carbocycles. The highest BCUT2D eigenvalue weighted by Crippen LogP contribution is 2.18. The van der Waals surface area contributed by atoms with Gasteiger partial charge in [0.05, 0.1) is 12.3 Å². The molecule has 3 aromatic rings. The summed E-state index contributed by atoms with van der Waals surface area (Å²) in [5, 5.41) is 11.1. The van der Waals surface area contributed by atoms with Gasteiger partial charge in [-0.2, -0.15) is 0 Å². The summed E-state index contributed by atoms with van der Waals surface area (Å²) in [7, 11) is 1.66. The minimum Gasteiger partial charge on any atom is -0.485 e. The van der Waals surface area contributed by atoms with Crippen molar-refractivity contribution in [1.29, 1.82) is 0 Å². The summed E-state index contributed by atoms with van der Waals surface area (Å²) < 4.78 is 14.4. The number of ketones is 1. The second-order valence-electron chi connectivity index (χ2n) is 5.89. The third-order valence-corrected chi connectivity index (χ3v) is 4.19. The number of ether oxygens (including phenoxy) is 2. The molecule has 0 aliphatic carbocycles. The standard InChI is InChI=1S/C18H21N5O3/c1-13-9-17(14(2)22(13)7-8-25-3)18(24)11-26-16-6-4-5-15(10-16)23-12-19-20-21-23/h4-6,9-10,12H,7-8,11H2,1-3H3. The van der Waals surface area contributed by atoms with Gasteiger partial charge in [-0.3, -0.25) is 4.79 Å². The van der Waals surface area contributed by atoms with E-state index in [0.717, 1.165) is 23.6 Å². The summed E-state index contributed by atoms with van der Waals surface area (Å²) in [5.41, 5.74) is 3.40. The number of hydrogen-bond acceptors (Lipinski definition) is 6. The third kappa shape index (κ3) is 3.80. The normalized spacial score (nSPS) is 10.9. The maximum Gasteiger partial charge on any atom is 0.202 e. The SMILES string of the molecule is COCCn1c(C)cc(C(=O)COc2cccc(-n3cnnn3)c2)c1C. The molecule has 0 atom stereocenters. The van der Waals surface area contributed by atoms with Gasteiger partial charge in [-0.15, -0.1) is 5.10 Å². The van der Waals surface area contributed by atoms with Crippen LogP contribution in [0.3, 0.4) is 0 Å². The number of carbonyl (C=O) groups excluding carboxylic acids is 1. The summed E-state index contributed by atoms with van der Waals surface area (Å²) in [5.74, 6) is 0.522. The molecule has 0 fully saturated rings. The Hall–Kier alpha value is -3.00. The Morgan fingerprint density at radius 2 is 2.08 bits per heavy atom. The summed E-state index contributed by atoms with van der Waals surface area (Å²) in [6.45, 7) is 5.21. The molecule has 0 saturated carbocycles. The average molecular weight is 355 g/mol. The van der Waals surface area contributed by atoms with Gasteiger partial charge < -0.3 is 14.0 Å². The van der Waals surface area contributed by atoms with E-state index in [9.17, 15) is 4.79 Å². The number of rotatable bonds is 8. The predicted molar refractivity (Wildman–Crippen MR) is 94.8 cm³/mol. The van der Waals surface area contributed by atoms with Crippen LogP contribution >= 0.6 is 0 Å². The first-order valence-corrected chi connectivity index (χ1v) is 8.25. The molecule has 2 heterocycles. The highest BCUT2D eigenvalue weighted by molar-refractivity contribution is 5.98. The maximum absolute atomic E-state index is 12.6. The second-order valence-corrected chi connectivity index (χ2v) is 5.89. The van der Waals surface area contributed by atoms with Gasteiger partial charge in [0.15, 0.2) is 6.61 Å². The first kappa shape index (κ1) is 17.8. The fourth-order valence-electron chi connectivity index (χ4n) is 2.83. The van der Waals surface area contributed by atoms with Crippen molar-refractivity contribution in [2.24, 2.45) is 0 Å². The minimum atomic E-state index is -0.0606. The molecule has 0 saturated heterocycles. The van der Waals surface area contributed by atoms with E-state index in [1.54, 1.807) is 19.2 Å². The van der Waals surface area contributed by atoms with E-state index in [1.165, 1.54) is 11.0 Å². The lowest BCUT2D eigenvalue weighted by atomic mass is 10.1. The highest BCUT2D eigenvalue weighted by atomic mass is 16.5. The number of aromatic nitrogens is 5. The van der Waals surface area contributed by atoms with Gasteiger partial charge in [-0.05, 0) is 42.5 Å². The van der Waals surface area contributed by atoms with Gasteiger partial charge >= 0.3 is 0 Å². The zero-order valence-electron chi connectivity index (χ0n) is 15.0. The average Bonchev–Trinajstić information content (AvgIpc) is 3.27. The van der Waals surface area contributed by atoms with E-state index >= 15 is 0 Å². The molecule has 0 bridgehead atoms. The van der Waals surface area contributed by atoms with Crippen LogP contribution in [0.5, 0.6) is 5.75 Å².